The third-order valence-corrected chi connectivity index (χ3v) is 5.40. The molecule has 0 bridgehead atoms. The number of aromatic nitrogens is 4. The minimum atomic E-state index is -0.383. The molecule has 7 heteroatoms. The first-order valence-corrected chi connectivity index (χ1v) is 10.9. The standard InChI is InChI=1S/C26H23FN4O2/c1-18-25-29-30-26(31(25)24-12-6-5-11-23(24)28-18)21-17-20(13-14-22(21)27)33-16-8-7-15-32-19-9-3-2-4-10-19/h2-6,9-14,17H,7-8,15-16H2,1H3. The molecule has 33 heavy (non-hydrogen) atoms. The van der Waals surface area contributed by atoms with Gasteiger partial charge in [0.2, 0.25) is 0 Å². The largest absolute Gasteiger partial charge is 0.494 e. The van der Waals surface area contributed by atoms with E-state index in [-0.39, 0.29) is 5.82 Å². The van der Waals surface area contributed by atoms with E-state index in [1.807, 2.05) is 65.9 Å². The van der Waals surface area contributed by atoms with Crippen LogP contribution in [0, 0.1) is 12.7 Å². The lowest BCUT2D eigenvalue weighted by atomic mass is 10.1. The van der Waals surface area contributed by atoms with Crippen LogP contribution in [0.5, 0.6) is 11.5 Å². The van der Waals surface area contributed by atoms with Gasteiger partial charge in [0.1, 0.15) is 17.3 Å². The van der Waals surface area contributed by atoms with Gasteiger partial charge in [-0.15, -0.1) is 10.2 Å². The van der Waals surface area contributed by atoms with Crippen molar-refractivity contribution in [2.45, 2.75) is 19.8 Å². The minimum absolute atomic E-state index is 0.336. The second-order valence-electron chi connectivity index (χ2n) is 7.73. The van der Waals surface area contributed by atoms with Gasteiger partial charge in [-0.05, 0) is 62.2 Å². The number of unbranched alkanes of at least 4 members (excludes halogenated alkanes) is 1. The second kappa shape index (κ2) is 9.24. The fourth-order valence-electron chi connectivity index (χ4n) is 3.77. The fraction of sp³-hybridized carbons (Fsp3) is 0.192. The lowest BCUT2D eigenvalue weighted by Crippen LogP contribution is -2.03. The molecule has 0 atom stereocenters. The molecule has 0 amide bonds. The molecular formula is C26H23FN4O2. The molecule has 0 N–H and O–H groups in total. The molecule has 0 fully saturated rings. The van der Waals surface area contributed by atoms with E-state index >= 15 is 0 Å². The molecule has 2 aromatic heterocycles. The number of halogens is 1. The number of aryl methyl sites for hydroxylation is 1. The van der Waals surface area contributed by atoms with Crippen LogP contribution in [0.4, 0.5) is 4.39 Å². The monoisotopic (exact) mass is 442 g/mol. The van der Waals surface area contributed by atoms with E-state index in [4.69, 9.17) is 9.47 Å². The smallest absolute Gasteiger partial charge is 0.183 e. The summed E-state index contributed by atoms with van der Waals surface area (Å²) in [6, 6.07) is 22.1. The summed E-state index contributed by atoms with van der Waals surface area (Å²) < 4.78 is 28.3. The Bertz CT molecular complexity index is 1400. The van der Waals surface area contributed by atoms with Gasteiger partial charge < -0.3 is 9.47 Å². The van der Waals surface area contributed by atoms with Crippen LogP contribution in [0.15, 0.2) is 72.8 Å². The van der Waals surface area contributed by atoms with Crippen LogP contribution in [0.3, 0.4) is 0 Å². The van der Waals surface area contributed by atoms with Crippen molar-refractivity contribution < 1.29 is 13.9 Å². The predicted octanol–water partition coefficient (Wildman–Crippen LogP) is 5.63. The Morgan fingerprint density at radius 1 is 0.818 bits per heavy atom. The fourth-order valence-corrected chi connectivity index (χ4v) is 3.77. The lowest BCUT2D eigenvalue weighted by Gasteiger charge is -2.10. The molecular weight excluding hydrogens is 419 g/mol. The predicted molar refractivity (Wildman–Crippen MR) is 125 cm³/mol. The van der Waals surface area contributed by atoms with Crippen molar-refractivity contribution in [3.8, 4) is 22.9 Å². The maximum absolute atomic E-state index is 14.8. The highest BCUT2D eigenvalue weighted by Gasteiger charge is 2.17. The van der Waals surface area contributed by atoms with Gasteiger partial charge in [0, 0.05) is 0 Å². The highest BCUT2D eigenvalue weighted by atomic mass is 19.1. The van der Waals surface area contributed by atoms with Crippen molar-refractivity contribution in [1.82, 2.24) is 19.6 Å². The Balaban J connectivity index is 1.32. The summed E-state index contributed by atoms with van der Waals surface area (Å²) in [5, 5.41) is 8.55. The average molecular weight is 442 g/mol. The van der Waals surface area contributed by atoms with Gasteiger partial charge in [0.25, 0.3) is 0 Å². The molecule has 0 saturated carbocycles. The zero-order chi connectivity index (χ0) is 22.6. The molecule has 6 nitrogen and oxygen atoms in total. The summed E-state index contributed by atoms with van der Waals surface area (Å²) in [6.07, 6.45) is 1.68. The van der Waals surface area contributed by atoms with Gasteiger partial charge in [-0.2, -0.15) is 0 Å². The summed E-state index contributed by atoms with van der Waals surface area (Å²) in [6.45, 7) is 3.00. The average Bonchev–Trinajstić information content (AvgIpc) is 3.29. The molecule has 0 aliphatic carbocycles. The Labute approximate surface area is 190 Å². The number of hydrogen-bond acceptors (Lipinski definition) is 5. The molecule has 0 saturated heterocycles. The van der Waals surface area contributed by atoms with Gasteiger partial charge in [0.15, 0.2) is 11.5 Å². The second-order valence-corrected chi connectivity index (χ2v) is 7.73. The van der Waals surface area contributed by atoms with Crippen LogP contribution in [-0.4, -0.2) is 32.8 Å². The van der Waals surface area contributed by atoms with Crippen LogP contribution in [-0.2, 0) is 0 Å². The molecule has 0 aliphatic heterocycles. The molecule has 0 aliphatic rings. The number of ether oxygens (including phenoxy) is 2. The summed E-state index contributed by atoms with van der Waals surface area (Å²) in [7, 11) is 0. The third kappa shape index (κ3) is 4.35. The van der Waals surface area contributed by atoms with Crippen molar-refractivity contribution in [1.29, 1.82) is 0 Å². The minimum Gasteiger partial charge on any atom is -0.494 e. The van der Waals surface area contributed by atoms with E-state index in [0.29, 0.717) is 36.0 Å². The summed E-state index contributed by atoms with van der Waals surface area (Å²) in [5.41, 5.74) is 3.30. The first-order valence-electron chi connectivity index (χ1n) is 10.9. The first kappa shape index (κ1) is 20.9. The van der Waals surface area contributed by atoms with E-state index in [2.05, 4.69) is 15.2 Å². The molecule has 0 unspecified atom stereocenters. The zero-order valence-electron chi connectivity index (χ0n) is 18.2. The Hall–Kier alpha value is -4.00. The molecule has 2 heterocycles. The maximum Gasteiger partial charge on any atom is 0.183 e. The molecule has 3 aromatic carbocycles. The van der Waals surface area contributed by atoms with Gasteiger partial charge >= 0.3 is 0 Å². The molecule has 0 radical (unpaired) electrons. The van der Waals surface area contributed by atoms with Gasteiger partial charge in [-0.25, -0.2) is 9.37 Å². The zero-order valence-corrected chi connectivity index (χ0v) is 18.2. The molecule has 0 spiro atoms. The maximum atomic E-state index is 14.8. The lowest BCUT2D eigenvalue weighted by molar-refractivity contribution is 0.266. The van der Waals surface area contributed by atoms with E-state index in [1.54, 1.807) is 12.1 Å². The number of nitrogens with zero attached hydrogens (tertiary/aromatic N) is 4. The van der Waals surface area contributed by atoms with Crippen LogP contribution in [0.25, 0.3) is 28.1 Å². The number of rotatable bonds is 8. The third-order valence-electron chi connectivity index (χ3n) is 5.40. The topological polar surface area (TPSA) is 61.5 Å². The number of para-hydroxylation sites is 3. The van der Waals surface area contributed by atoms with Crippen LogP contribution in [0.2, 0.25) is 0 Å². The summed E-state index contributed by atoms with van der Waals surface area (Å²) in [4.78, 5) is 4.58. The van der Waals surface area contributed by atoms with Gasteiger partial charge in [0.05, 0.1) is 35.5 Å². The molecule has 5 aromatic rings. The molecule has 166 valence electrons. The van der Waals surface area contributed by atoms with Crippen molar-refractivity contribution in [2.24, 2.45) is 0 Å². The Morgan fingerprint density at radius 3 is 2.36 bits per heavy atom. The summed E-state index contributed by atoms with van der Waals surface area (Å²) in [5.74, 6) is 1.49. The van der Waals surface area contributed by atoms with E-state index in [9.17, 15) is 4.39 Å². The summed E-state index contributed by atoms with van der Waals surface area (Å²) >= 11 is 0. The highest BCUT2D eigenvalue weighted by Crippen LogP contribution is 2.29. The SMILES string of the molecule is Cc1nc2ccccc2n2c(-c3cc(OCCCCOc4ccccc4)ccc3F)nnc12. The first-order chi connectivity index (χ1) is 16.2. The Kier molecular flexibility index (Phi) is 5.85. The highest BCUT2D eigenvalue weighted by molar-refractivity contribution is 5.81. The number of hydrogen-bond donors (Lipinski definition) is 0. The van der Waals surface area contributed by atoms with E-state index in [1.165, 1.54) is 6.07 Å². The van der Waals surface area contributed by atoms with Crippen molar-refractivity contribution in [3.63, 3.8) is 0 Å². The normalized spacial score (nSPS) is 11.2. The van der Waals surface area contributed by atoms with Gasteiger partial charge in [-0.3, -0.25) is 4.40 Å². The quantitative estimate of drug-likeness (QED) is 0.292. The van der Waals surface area contributed by atoms with Crippen molar-refractivity contribution in [2.75, 3.05) is 13.2 Å². The van der Waals surface area contributed by atoms with E-state index in [0.717, 1.165) is 35.3 Å². The van der Waals surface area contributed by atoms with Crippen molar-refractivity contribution >= 4 is 16.7 Å². The van der Waals surface area contributed by atoms with E-state index < -0.39 is 0 Å². The number of benzene rings is 3. The van der Waals surface area contributed by atoms with Gasteiger partial charge in [-0.1, -0.05) is 30.3 Å². The van der Waals surface area contributed by atoms with Crippen LogP contribution < -0.4 is 9.47 Å². The van der Waals surface area contributed by atoms with Crippen LogP contribution >= 0.6 is 0 Å². The molecule has 5 rings (SSSR count). The van der Waals surface area contributed by atoms with Crippen LogP contribution in [0.1, 0.15) is 18.5 Å². The number of fused-ring (bicyclic) bond motifs is 3. The Morgan fingerprint density at radius 2 is 1.55 bits per heavy atom. The van der Waals surface area contributed by atoms with Crippen molar-refractivity contribution in [3.05, 3.63) is 84.3 Å².